The van der Waals surface area contributed by atoms with E-state index >= 15 is 0 Å². The highest BCUT2D eigenvalue weighted by molar-refractivity contribution is 5.66. The average molecular weight is 232 g/mol. The van der Waals surface area contributed by atoms with Crippen molar-refractivity contribution in [3.05, 3.63) is 41.5 Å². The Labute approximate surface area is 101 Å². The molecule has 0 aliphatic rings. The summed E-state index contributed by atoms with van der Waals surface area (Å²) in [5.74, 6) is -0.751. The Morgan fingerprint density at radius 3 is 2.53 bits per heavy atom. The van der Waals surface area contributed by atoms with Crippen LogP contribution >= 0.6 is 0 Å². The Morgan fingerprint density at radius 2 is 1.94 bits per heavy atom. The topological polar surface area (TPSA) is 54.4 Å². The summed E-state index contributed by atoms with van der Waals surface area (Å²) in [6, 6.07) is 7.92. The number of aliphatic carboxylic acids is 1. The van der Waals surface area contributed by atoms with E-state index in [-0.39, 0.29) is 6.42 Å². The molecule has 17 heavy (non-hydrogen) atoms. The van der Waals surface area contributed by atoms with Crippen LogP contribution in [0.5, 0.6) is 0 Å². The van der Waals surface area contributed by atoms with Crippen molar-refractivity contribution < 1.29 is 14.7 Å². The second-order valence-corrected chi connectivity index (χ2v) is 3.79. The van der Waals surface area contributed by atoms with Gasteiger partial charge in [-0.1, -0.05) is 36.4 Å². The normalized spacial score (nSPS) is 10.6. The number of carboxylic acids is 1. The SMILES string of the molecule is O=CCC=Cc1ccc(CCCC(=O)O)cc1. The van der Waals surface area contributed by atoms with Crippen molar-refractivity contribution in [2.45, 2.75) is 25.7 Å². The van der Waals surface area contributed by atoms with E-state index in [1.807, 2.05) is 36.4 Å². The van der Waals surface area contributed by atoms with Crippen LogP contribution in [-0.2, 0) is 16.0 Å². The maximum absolute atomic E-state index is 10.4. The molecule has 1 aromatic rings. The number of allylic oxidation sites excluding steroid dienone is 1. The van der Waals surface area contributed by atoms with Gasteiger partial charge in [-0.25, -0.2) is 0 Å². The lowest BCUT2D eigenvalue weighted by molar-refractivity contribution is -0.137. The number of rotatable bonds is 7. The van der Waals surface area contributed by atoms with Gasteiger partial charge in [0.05, 0.1) is 0 Å². The fraction of sp³-hybridized carbons (Fsp3) is 0.286. The predicted octanol–water partition coefficient (Wildman–Crippen LogP) is 2.70. The maximum Gasteiger partial charge on any atom is 0.303 e. The lowest BCUT2D eigenvalue weighted by atomic mass is 10.1. The molecule has 0 atom stereocenters. The highest BCUT2D eigenvalue weighted by atomic mass is 16.4. The smallest absolute Gasteiger partial charge is 0.303 e. The predicted molar refractivity (Wildman–Crippen MR) is 66.7 cm³/mol. The second-order valence-electron chi connectivity index (χ2n) is 3.79. The number of carboxylic acid groups (broad SMARTS) is 1. The second kappa shape index (κ2) is 7.39. The molecule has 3 nitrogen and oxygen atoms in total. The third-order valence-electron chi connectivity index (χ3n) is 2.38. The van der Waals surface area contributed by atoms with Gasteiger partial charge in [-0.2, -0.15) is 0 Å². The molecule has 0 aromatic heterocycles. The van der Waals surface area contributed by atoms with E-state index in [4.69, 9.17) is 5.11 Å². The van der Waals surface area contributed by atoms with Gasteiger partial charge in [0.2, 0.25) is 0 Å². The Kier molecular flexibility index (Phi) is 5.72. The number of carbonyl (C=O) groups is 2. The minimum atomic E-state index is -0.751. The first kappa shape index (κ1) is 13.2. The highest BCUT2D eigenvalue weighted by Crippen LogP contribution is 2.09. The molecule has 0 fully saturated rings. The van der Waals surface area contributed by atoms with Gasteiger partial charge in [-0.3, -0.25) is 4.79 Å². The Balaban J connectivity index is 2.44. The van der Waals surface area contributed by atoms with E-state index < -0.39 is 5.97 Å². The molecule has 0 bridgehead atoms. The van der Waals surface area contributed by atoms with Crippen LogP contribution in [0.1, 0.15) is 30.4 Å². The quantitative estimate of drug-likeness (QED) is 0.735. The maximum atomic E-state index is 10.4. The lowest BCUT2D eigenvalue weighted by Crippen LogP contribution is -1.95. The van der Waals surface area contributed by atoms with Gasteiger partial charge < -0.3 is 9.90 Å². The molecule has 1 N–H and O–H groups in total. The lowest BCUT2D eigenvalue weighted by Gasteiger charge is -2.00. The largest absolute Gasteiger partial charge is 0.481 e. The molecule has 0 radical (unpaired) electrons. The van der Waals surface area contributed by atoms with Crippen LogP contribution in [0.25, 0.3) is 6.08 Å². The molecule has 0 amide bonds. The summed E-state index contributed by atoms with van der Waals surface area (Å²) in [5.41, 5.74) is 2.19. The van der Waals surface area contributed by atoms with Crippen LogP contribution in [-0.4, -0.2) is 17.4 Å². The molecule has 1 aromatic carbocycles. The first-order valence-electron chi connectivity index (χ1n) is 5.63. The standard InChI is InChI=1S/C14H16O3/c15-11-2-1-4-12-7-9-13(10-8-12)5-3-6-14(16)17/h1,4,7-11H,2-3,5-6H2,(H,16,17). The summed E-state index contributed by atoms with van der Waals surface area (Å²) < 4.78 is 0. The highest BCUT2D eigenvalue weighted by Gasteiger charge is 1.98. The van der Waals surface area contributed by atoms with E-state index in [0.29, 0.717) is 12.8 Å². The summed E-state index contributed by atoms with van der Waals surface area (Å²) in [6.07, 6.45) is 6.65. The third-order valence-corrected chi connectivity index (χ3v) is 2.38. The summed E-state index contributed by atoms with van der Waals surface area (Å²) in [5, 5.41) is 8.52. The minimum absolute atomic E-state index is 0.209. The monoisotopic (exact) mass is 232 g/mol. The summed E-state index contributed by atoms with van der Waals surface area (Å²) in [4.78, 5) is 20.5. The van der Waals surface area contributed by atoms with Gasteiger partial charge in [0.15, 0.2) is 0 Å². The molecular weight excluding hydrogens is 216 g/mol. The van der Waals surface area contributed by atoms with Gasteiger partial charge in [-0.05, 0) is 24.0 Å². The Morgan fingerprint density at radius 1 is 1.24 bits per heavy atom. The number of carbonyl (C=O) groups excluding carboxylic acids is 1. The molecule has 0 aliphatic carbocycles. The van der Waals surface area contributed by atoms with Crippen LogP contribution in [0, 0.1) is 0 Å². The number of hydrogen-bond donors (Lipinski definition) is 1. The fourth-order valence-electron chi connectivity index (χ4n) is 1.50. The van der Waals surface area contributed by atoms with Gasteiger partial charge in [0.1, 0.15) is 6.29 Å². The van der Waals surface area contributed by atoms with E-state index in [9.17, 15) is 9.59 Å². The summed E-state index contributed by atoms with van der Waals surface area (Å²) in [7, 11) is 0. The number of hydrogen-bond acceptors (Lipinski definition) is 2. The van der Waals surface area contributed by atoms with Crippen molar-refractivity contribution in [2.75, 3.05) is 0 Å². The van der Waals surface area contributed by atoms with Crippen LogP contribution in [0.3, 0.4) is 0 Å². The number of aldehydes is 1. The van der Waals surface area contributed by atoms with Crippen LogP contribution in [0.15, 0.2) is 30.3 Å². The molecule has 0 spiro atoms. The molecule has 90 valence electrons. The number of aryl methyl sites for hydroxylation is 1. The number of benzene rings is 1. The van der Waals surface area contributed by atoms with Crippen molar-refractivity contribution in [1.82, 2.24) is 0 Å². The van der Waals surface area contributed by atoms with Gasteiger partial charge in [0, 0.05) is 12.8 Å². The van der Waals surface area contributed by atoms with Gasteiger partial charge in [-0.15, -0.1) is 0 Å². The summed E-state index contributed by atoms with van der Waals surface area (Å²) >= 11 is 0. The Hall–Kier alpha value is -1.90. The first-order valence-corrected chi connectivity index (χ1v) is 5.63. The van der Waals surface area contributed by atoms with Crippen molar-refractivity contribution in [3.63, 3.8) is 0 Å². The molecule has 0 saturated carbocycles. The van der Waals surface area contributed by atoms with E-state index in [2.05, 4.69) is 0 Å². The molecule has 0 aliphatic heterocycles. The Bertz CT molecular complexity index is 390. The van der Waals surface area contributed by atoms with Crippen molar-refractivity contribution in [2.24, 2.45) is 0 Å². The van der Waals surface area contributed by atoms with Crippen molar-refractivity contribution in [3.8, 4) is 0 Å². The molecular formula is C14H16O3. The zero-order chi connectivity index (χ0) is 12.5. The minimum Gasteiger partial charge on any atom is -0.481 e. The molecule has 3 heteroatoms. The van der Waals surface area contributed by atoms with Crippen molar-refractivity contribution in [1.29, 1.82) is 0 Å². The average Bonchev–Trinajstić information content (AvgIpc) is 2.31. The zero-order valence-corrected chi connectivity index (χ0v) is 9.63. The van der Waals surface area contributed by atoms with E-state index in [1.54, 1.807) is 0 Å². The van der Waals surface area contributed by atoms with Gasteiger partial charge >= 0.3 is 5.97 Å². The van der Waals surface area contributed by atoms with Crippen LogP contribution in [0.2, 0.25) is 0 Å². The van der Waals surface area contributed by atoms with Crippen molar-refractivity contribution >= 4 is 18.3 Å². The summed E-state index contributed by atoms with van der Waals surface area (Å²) in [6.45, 7) is 0. The molecule has 0 heterocycles. The first-order chi connectivity index (χ1) is 8.22. The van der Waals surface area contributed by atoms with Gasteiger partial charge in [0.25, 0.3) is 0 Å². The molecule has 1 rings (SSSR count). The van der Waals surface area contributed by atoms with Crippen LogP contribution < -0.4 is 0 Å². The van der Waals surface area contributed by atoms with E-state index in [0.717, 1.165) is 23.8 Å². The molecule has 0 saturated heterocycles. The third kappa shape index (κ3) is 5.66. The molecule has 0 unspecified atom stereocenters. The van der Waals surface area contributed by atoms with Crippen LogP contribution in [0.4, 0.5) is 0 Å². The fourth-order valence-corrected chi connectivity index (χ4v) is 1.50. The van der Waals surface area contributed by atoms with E-state index in [1.165, 1.54) is 0 Å². The zero-order valence-electron chi connectivity index (χ0n) is 9.63.